The van der Waals surface area contributed by atoms with Gasteiger partial charge in [0.2, 0.25) is 0 Å². The van der Waals surface area contributed by atoms with Crippen LogP contribution >= 0.6 is 0 Å². The maximum absolute atomic E-state index is 13.1. The van der Waals surface area contributed by atoms with Crippen LogP contribution < -0.4 is 10.1 Å². The van der Waals surface area contributed by atoms with Crippen molar-refractivity contribution in [2.45, 2.75) is 0 Å². The zero-order valence-electron chi connectivity index (χ0n) is 15.3. The Morgan fingerprint density at radius 3 is 2.32 bits per heavy atom. The van der Waals surface area contributed by atoms with Crippen LogP contribution in [0, 0.1) is 0 Å². The van der Waals surface area contributed by atoms with Gasteiger partial charge >= 0.3 is 0 Å². The average Bonchev–Trinajstić information content (AvgIpc) is 3.13. The van der Waals surface area contributed by atoms with E-state index in [1.165, 1.54) is 0 Å². The number of ether oxygens (including phenoxy) is 1. The highest BCUT2D eigenvalue weighted by molar-refractivity contribution is 6.47. The summed E-state index contributed by atoms with van der Waals surface area (Å²) in [6.07, 6.45) is 1.78. The Balaban J connectivity index is 1.78. The van der Waals surface area contributed by atoms with E-state index in [4.69, 9.17) is 4.74 Å². The number of ketones is 1. The predicted octanol–water partition coefficient (Wildman–Crippen LogP) is 4.44. The zero-order chi connectivity index (χ0) is 19.5. The van der Waals surface area contributed by atoms with E-state index in [1.807, 2.05) is 54.6 Å². The number of hydrogen-bond donors (Lipinski definition) is 1. The van der Waals surface area contributed by atoms with Gasteiger partial charge in [0, 0.05) is 23.0 Å². The van der Waals surface area contributed by atoms with E-state index >= 15 is 0 Å². The van der Waals surface area contributed by atoms with Gasteiger partial charge in [0.1, 0.15) is 11.4 Å². The van der Waals surface area contributed by atoms with E-state index in [0.29, 0.717) is 16.9 Å². The first-order valence-electron chi connectivity index (χ1n) is 8.82. The fourth-order valence-corrected chi connectivity index (χ4v) is 3.16. The SMILES string of the molecule is COc1ccc(-c2cc3ccccn3c2C(=O)C(=O)Nc2ccccc2)cc1. The Kier molecular flexibility index (Phi) is 4.64. The number of benzene rings is 2. The third-order valence-corrected chi connectivity index (χ3v) is 4.53. The van der Waals surface area contributed by atoms with Gasteiger partial charge in [-0.3, -0.25) is 9.59 Å². The number of amides is 1. The zero-order valence-corrected chi connectivity index (χ0v) is 15.3. The molecule has 0 fully saturated rings. The average molecular weight is 370 g/mol. The highest BCUT2D eigenvalue weighted by atomic mass is 16.5. The molecule has 0 aliphatic rings. The molecule has 0 saturated heterocycles. The number of hydrogen-bond acceptors (Lipinski definition) is 3. The van der Waals surface area contributed by atoms with Crippen molar-refractivity contribution in [1.29, 1.82) is 0 Å². The summed E-state index contributed by atoms with van der Waals surface area (Å²) in [4.78, 5) is 25.7. The Hall–Kier alpha value is -3.86. The molecule has 1 amide bonds. The van der Waals surface area contributed by atoms with E-state index < -0.39 is 11.7 Å². The molecule has 0 spiro atoms. The molecule has 0 bridgehead atoms. The summed E-state index contributed by atoms with van der Waals surface area (Å²) in [6.45, 7) is 0. The highest BCUT2D eigenvalue weighted by Gasteiger charge is 2.24. The smallest absolute Gasteiger partial charge is 0.298 e. The van der Waals surface area contributed by atoms with Crippen molar-refractivity contribution in [3.63, 3.8) is 0 Å². The first kappa shape index (κ1) is 17.5. The number of carbonyl (C=O) groups is 2. The van der Waals surface area contributed by atoms with E-state index in [1.54, 1.807) is 42.0 Å². The molecule has 0 aliphatic carbocycles. The van der Waals surface area contributed by atoms with Crippen LogP contribution in [0.3, 0.4) is 0 Å². The largest absolute Gasteiger partial charge is 0.497 e. The standard InChI is InChI=1S/C23H18N2O3/c1-28-19-12-10-16(11-13-19)20-15-18-9-5-6-14-25(18)21(20)22(26)23(27)24-17-7-3-2-4-8-17/h2-15H,1H3,(H,24,27). The molecule has 0 atom stereocenters. The number of Topliss-reactive ketones (excluding diaryl/α,β-unsaturated/α-hetero) is 1. The van der Waals surface area contributed by atoms with Crippen LogP contribution in [0.25, 0.3) is 16.6 Å². The molecule has 2 aromatic carbocycles. The van der Waals surface area contributed by atoms with E-state index in [2.05, 4.69) is 5.32 Å². The number of nitrogens with one attached hydrogen (secondary N) is 1. The van der Waals surface area contributed by atoms with E-state index in [0.717, 1.165) is 16.8 Å². The second-order valence-electron chi connectivity index (χ2n) is 6.28. The van der Waals surface area contributed by atoms with Crippen molar-refractivity contribution in [3.05, 3.63) is 90.8 Å². The number of fused-ring (bicyclic) bond motifs is 1. The molecule has 4 rings (SSSR count). The lowest BCUT2D eigenvalue weighted by Crippen LogP contribution is -2.24. The number of anilines is 1. The van der Waals surface area contributed by atoms with Crippen LogP contribution in [0.4, 0.5) is 5.69 Å². The molecule has 138 valence electrons. The summed E-state index contributed by atoms with van der Waals surface area (Å²) in [5.41, 5.74) is 3.27. The molecule has 1 N–H and O–H groups in total. The molecule has 5 nitrogen and oxygen atoms in total. The molecule has 5 heteroatoms. The summed E-state index contributed by atoms with van der Waals surface area (Å²) in [5.74, 6) is -0.548. The number of carbonyl (C=O) groups excluding carboxylic acids is 2. The minimum absolute atomic E-state index is 0.328. The highest BCUT2D eigenvalue weighted by Crippen LogP contribution is 2.30. The fraction of sp³-hybridized carbons (Fsp3) is 0.0435. The van der Waals surface area contributed by atoms with Crippen LogP contribution in [0.2, 0.25) is 0 Å². The number of nitrogens with zero attached hydrogens (tertiary/aromatic N) is 1. The van der Waals surface area contributed by atoms with Gasteiger partial charge in [0.15, 0.2) is 0 Å². The van der Waals surface area contributed by atoms with Crippen LogP contribution in [-0.4, -0.2) is 23.2 Å². The van der Waals surface area contributed by atoms with E-state index in [9.17, 15) is 9.59 Å². The Morgan fingerprint density at radius 1 is 0.893 bits per heavy atom. The second kappa shape index (κ2) is 7.40. The number of para-hydroxylation sites is 1. The van der Waals surface area contributed by atoms with Crippen molar-refractivity contribution in [1.82, 2.24) is 4.40 Å². The van der Waals surface area contributed by atoms with Crippen molar-refractivity contribution < 1.29 is 14.3 Å². The molecule has 0 radical (unpaired) electrons. The number of pyridine rings is 1. The lowest BCUT2D eigenvalue weighted by atomic mass is 10.0. The van der Waals surface area contributed by atoms with Crippen molar-refractivity contribution in [2.75, 3.05) is 12.4 Å². The Labute approximate surface area is 162 Å². The molecule has 0 aliphatic heterocycles. The molecule has 0 unspecified atom stereocenters. The Morgan fingerprint density at radius 2 is 1.61 bits per heavy atom. The summed E-state index contributed by atoms with van der Waals surface area (Å²) in [6, 6.07) is 23.9. The number of methoxy groups -OCH3 is 1. The van der Waals surface area contributed by atoms with Gasteiger partial charge in [0.25, 0.3) is 11.7 Å². The normalized spacial score (nSPS) is 10.6. The molecular weight excluding hydrogens is 352 g/mol. The summed E-state index contributed by atoms with van der Waals surface area (Å²) < 4.78 is 6.95. The van der Waals surface area contributed by atoms with Crippen molar-refractivity contribution in [3.8, 4) is 16.9 Å². The third-order valence-electron chi connectivity index (χ3n) is 4.53. The van der Waals surface area contributed by atoms with Gasteiger partial charge in [-0.15, -0.1) is 0 Å². The van der Waals surface area contributed by atoms with Gasteiger partial charge in [-0.2, -0.15) is 0 Å². The number of aromatic nitrogens is 1. The van der Waals surface area contributed by atoms with Gasteiger partial charge < -0.3 is 14.5 Å². The van der Waals surface area contributed by atoms with Crippen LogP contribution in [-0.2, 0) is 4.79 Å². The fourth-order valence-electron chi connectivity index (χ4n) is 3.16. The summed E-state index contributed by atoms with van der Waals surface area (Å²) in [7, 11) is 1.60. The van der Waals surface area contributed by atoms with Gasteiger partial charge in [-0.1, -0.05) is 36.4 Å². The van der Waals surface area contributed by atoms with E-state index in [-0.39, 0.29) is 0 Å². The predicted molar refractivity (Wildman–Crippen MR) is 109 cm³/mol. The quantitative estimate of drug-likeness (QED) is 0.417. The monoisotopic (exact) mass is 370 g/mol. The third kappa shape index (κ3) is 3.25. The van der Waals surface area contributed by atoms with Gasteiger partial charge in [-0.05, 0) is 48.0 Å². The minimum atomic E-state index is -0.676. The molecule has 28 heavy (non-hydrogen) atoms. The van der Waals surface area contributed by atoms with Crippen molar-refractivity contribution >= 4 is 22.9 Å². The lowest BCUT2D eigenvalue weighted by molar-refractivity contribution is -0.112. The summed E-state index contributed by atoms with van der Waals surface area (Å²) >= 11 is 0. The topological polar surface area (TPSA) is 59.8 Å². The van der Waals surface area contributed by atoms with Gasteiger partial charge in [0.05, 0.1) is 7.11 Å². The molecule has 4 aromatic rings. The van der Waals surface area contributed by atoms with Crippen LogP contribution in [0.1, 0.15) is 10.5 Å². The Bertz CT molecular complexity index is 1150. The maximum atomic E-state index is 13.1. The molecule has 0 saturated carbocycles. The first-order chi connectivity index (χ1) is 13.7. The summed E-state index contributed by atoms with van der Waals surface area (Å²) in [5, 5.41) is 2.67. The molecular formula is C23H18N2O3. The first-order valence-corrected chi connectivity index (χ1v) is 8.82. The van der Waals surface area contributed by atoms with Gasteiger partial charge in [-0.25, -0.2) is 0 Å². The van der Waals surface area contributed by atoms with Crippen molar-refractivity contribution in [2.24, 2.45) is 0 Å². The minimum Gasteiger partial charge on any atom is -0.497 e. The molecule has 2 aromatic heterocycles. The lowest BCUT2D eigenvalue weighted by Gasteiger charge is -2.08. The van der Waals surface area contributed by atoms with Crippen LogP contribution in [0.15, 0.2) is 85.1 Å². The molecule has 2 heterocycles. The second-order valence-corrected chi connectivity index (χ2v) is 6.28. The number of rotatable bonds is 5. The van der Waals surface area contributed by atoms with Crippen LogP contribution in [0.5, 0.6) is 5.75 Å². The maximum Gasteiger partial charge on any atom is 0.298 e.